The van der Waals surface area contributed by atoms with Crippen molar-refractivity contribution < 1.29 is 22.4 Å². The largest absolute Gasteiger partial charge is 0.338 e. The number of hydrogen-bond acceptors (Lipinski definition) is 5. The lowest BCUT2D eigenvalue weighted by molar-refractivity contribution is -0.145. The highest BCUT2D eigenvalue weighted by atomic mass is 35.5. The molecule has 38 heavy (non-hydrogen) atoms. The molecule has 1 saturated heterocycles. The molecule has 2 aromatic heterocycles. The number of rotatable bonds is 6. The number of carbonyl (C=O) groups is 1. The highest BCUT2D eigenvalue weighted by molar-refractivity contribution is 5.88. The summed E-state index contributed by atoms with van der Waals surface area (Å²) in [6, 6.07) is 11.8. The van der Waals surface area contributed by atoms with Crippen molar-refractivity contribution in [3.05, 3.63) is 94.6 Å². The monoisotopic (exact) mass is 549 g/mol. The van der Waals surface area contributed by atoms with Gasteiger partial charge in [-0.05, 0) is 23.3 Å². The topological polar surface area (TPSA) is 52.6 Å². The standard InChI is InChI=1S/C27H27F4N5O.ClH/c1-34(16-22-10-20(28)12-24(30)32-22)26(37)27(14-18-4-2-3-5-19(18)15-27)36-8-6-35(7-9-36)17-23-11-21(29)13-25(31)33-23;/h2-5,10-13H,6-9,14-17H2,1H3;1H. The number of benzene rings is 1. The number of likely N-dealkylation sites (N-methyl/N-ethyl adjacent to an activating group) is 1. The van der Waals surface area contributed by atoms with Crippen LogP contribution in [0, 0.1) is 23.5 Å². The summed E-state index contributed by atoms with van der Waals surface area (Å²) in [6.45, 7) is 2.59. The molecule has 1 aliphatic carbocycles. The molecule has 3 heterocycles. The minimum atomic E-state index is -0.928. The molecule has 0 unspecified atom stereocenters. The zero-order chi connectivity index (χ0) is 26.2. The molecule has 0 spiro atoms. The summed E-state index contributed by atoms with van der Waals surface area (Å²) in [4.78, 5) is 27.3. The van der Waals surface area contributed by atoms with Crippen molar-refractivity contribution in [2.45, 2.75) is 31.5 Å². The summed E-state index contributed by atoms with van der Waals surface area (Å²) in [7, 11) is 1.62. The summed E-state index contributed by atoms with van der Waals surface area (Å²) in [5, 5.41) is 0. The predicted octanol–water partition coefficient (Wildman–Crippen LogP) is 3.77. The SMILES string of the molecule is CN(Cc1cc(F)cc(F)n1)C(=O)C1(N2CCN(Cc3cc(F)cc(F)n3)CC2)Cc2ccccc2C1.Cl. The molecule has 0 N–H and O–H groups in total. The number of pyridine rings is 2. The van der Waals surface area contributed by atoms with Gasteiger partial charge in [0.25, 0.3) is 0 Å². The fourth-order valence-corrected chi connectivity index (χ4v) is 5.53. The van der Waals surface area contributed by atoms with Crippen LogP contribution in [0.2, 0.25) is 0 Å². The molecule has 1 aliphatic heterocycles. The second-order valence-electron chi connectivity index (χ2n) is 9.78. The molecule has 0 atom stereocenters. The van der Waals surface area contributed by atoms with Gasteiger partial charge in [-0.1, -0.05) is 24.3 Å². The molecule has 11 heteroatoms. The Morgan fingerprint density at radius 2 is 1.39 bits per heavy atom. The van der Waals surface area contributed by atoms with Crippen molar-refractivity contribution >= 4 is 18.3 Å². The number of nitrogens with zero attached hydrogens (tertiary/aromatic N) is 5. The van der Waals surface area contributed by atoms with E-state index in [1.54, 1.807) is 7.05 Å². The van der Waals surface area contributed by atoms with Crippen LogP contribution in [0.4, 0.5) is 17.6 Å². The maximum absolute atomic E-state index is 14.0. The first-order valence-corrected chi connectivity index (χ1v) is 12.2. The highest BCUT2D eigenvalue weighted by Crippen LogP contribution is 2.37. The maximum atomic E-state index is 14.0. The maximum Gasteiger partial charge on any atom is 0.243 e. The average molecular weight is 550 g/mol. The first kappa shape index (κ1) is 27.9. The quantitative estimate of drug-likeness (QED) is 0.346. The molecule has 0 saturated carbocycles. The molecule has 1 amide bonds. The molecule has 0 radical (unpaired) electrons. The van der Waals surface area contributed by atoms with Gasteiger partial charge in [-0.3, -0.25) is 14.6 Å². The number of hydrogen-bond donors (Lipinski definition) is 0. The van der Waals surface area contributed by atoms with E-state index in [-0.39, 0.29) is 30.6 Å². The van der Waals surface area contributed by atoms with Crippen LogP contribution in [-0.2, 0) is 30.7 Å². The summed E-state index contributed by atoms with van der Waals surface area (Å²) < 4.78 is 54.5. The lowest BCUT2D eigenvalue weighted by atomic mass is 9.90. The van der Waals surface area contributed by atoms with Crippen molar-refractivity contribution in [3.63, 3.8) is 0 Å². The summed E-state index contributed by atoms with van der Waals surface area (Å²) in [6.07, 6.45) is 1.04. The number of amides is 1. The van der Waals surface area contributed by atoms with E-state index in [2.05, 4.69) is 19.8 Å². The Labute approximate surface area is 224 Å². The molecule has 1 aromatic carbocycles. The van der Waals surface area contributed by atoms with Crippen LogP contribution in [0.3, 0.4) is 0 Å². The van der Waals surface area contributed by atoms with Gasteiger partial charge in [0, 0.05) is 64.7 Å². The van der Waals surface area contributed by atoms with Gasteiger partial charge in [-0.15, -0.1) is 12.4 Å². The first-order valence-electron chi connectivity index (χ1n) is 12.2. The van der Waals surface area contributed by atoms with E-state index in [4.69, 9.17) is 0 Å². The van der Waals surface area contributed by atoms with Gasteiger partial charge in [-0.25, -0.2) is 18.7 Å². The summed E-state index contributed by atoms with van der Waals surface area (Å²) in [5.41, 5.74) is 1.81. The number of aromatic nitrogens is 2. The molecule has 0 bridgehead atoms. The van der Waals surface area contributed by atoms with Crippen LogP contribution in [0.1, 0.15) is 22.5 Å². The van der Waals surface area contributed by atoms with E-state index in [9.17, 15) is 22.4 Å². The first-order chi connectivity index (χ1) is 17.7. The average Bonchev–Trinajstić information content (AvgIpc) is 3.23. The number of carbonyl (C=O) groups excluding carboxylic acids is 1. The van der Waals surface area contributed by atoms with Gasteiger partial charge in [0.15, 0.2) is 0 Å². The predicted molar refractivity (Wildman–Crippen MR) is 135 cm³/mol. The third-order valence-corrected chi connectivity index (χ3v) is 7.22. The molecule has 5 rings (SSSR count). The van der Waals surface area contributed by atoms with Gasteiger partial charge >= 0.3 is 0 Å². The van der Waals surface area contributed by atoms with Gasteiger partial charge in [0.1, 0.15) is 17.2 Å². The lowest BCUT2D eigenvalue weighted by Gasteiger charge is -2.46. The van der Waals surface area contributed by atoms with Crippen molar-refractivity contribution in [2.75, 3.05) is 33.2 Å². The van der Waals surface area contributed by atoms with E-state index >= 15 is 0 Å². The summed E-state index contributed by atoms with van der Waals surface area (Å²) in [5.74, 6) is -3.32. The molecule has 6 nitrogen and oxygen atoms in total. The zero-order valence-electron chi connectivity index (χ0n) is 20.8. The Balaban J connectivity index is 0.00000336. The van der Waals surface area contributed by atoms with Gasteiger partial charge in [-0.2, -0.15) is 8.78 Å². The van der Waals surface area contributed by atoms with Crippen molar-refractivity contribution in [1.82, 2.24) is 24.7 Å². The molecule has 2 aliphatic rings. The fourth-order valence-electron chi connectivity index (χ4n) is 5.53. The molecule has 1 fully saturated rings. The van der Waals surface area contributed by atoms with E-state index in [1.165, 1.54) is 11.0 Å². The Morgan fingerprint density at radius 1 is 0.868 bits per heavy atom. The Morgan fingerprint density at radius 3 is 1.95 bits per heavy atom. The number of halogens is 5. The van der Waals surface area contributed by atoms with E-state index in [0.717, 1.165) is 23.3 Å². The van der Waals surface area contributed by atoms with Crippen LogP contribution >= 0.6 is 12.4 Å². The smallest absolute Gasteiger partial charge is 0.243 e. The van der Waals surface area contributed by atoms with E-state index < -0.39 is 29.1 Å². The molecular weight excluding hydrogens is 522 g/mol. The number of piperazine rings is 1. The fraction of sp³-hybridized carbons (Fsp3) is 0.370. The molecular formula is C27H28ClF4N5O. The van der Waals surface area contributed by atoms with Crippen molar-refractivity contribution in [2.24, 2.45) is 0 Å². The molecule has 3 aromatic rings. The second kappa shape index (κ2) is 11.3. The minimum absolute atomic E-state index is 0. The van der Waals surface area contributed by atoms with Gasteiger partial charge in [0.05, 0.1) is 17.9 Å². The van der Waals surface area contributed by atoms with E-state index in [1.807, 2.05) is 24.3 Å². The van der Waals surface area contributed by atoms with Crippen LogP contribution in [-0.4, -0.2) is 69.3 Å². The van der Waals surface area contributed by atoms with Crippen LogP contribution in [0.15, 0.2) is 48.5 Å². The number of fused-ring (bicyclic) bond motifs is 1. The highest BCUT2D eigenvalue weighted by Gasteiger charge is 2.50. The van der Waals surface area contributed by atoms with Crippen LogP contribution < -0.4 is 0 Å². The Bertz CT molecular complexity index is 1250. The summed E-state index contributed by atoms with van der Waals surface area (Å²) >= 11 is 0. The van der Waals surface area contributed by atoms with Gasteiger partial charge in [0.2, 0.25) is 17.8 Å². The van der Waals surface area contributed by atoms with E-state index in [0.29, 0.717) is 57.3 Å². The minimum Gasteiger partial charge on any atom is -0.338 e. The van der Waals surface area contributed by atoms with Crippen molar-refractivity contribution in [3.8, 4) is 0 Å². The third-order valence-electron chi connectivity index (χ3n) is 7.22. The van der Waals surface area contributed by atoms with Crippen molar-refractivity contribution in [1.29, 1.82) is 0 Å². The van der Waals surface area contributed by atoms with Crippen LogP contribution in [0.25, 0.3) is 0 Å². The Kier molecular flexibility index (Phi) is 8.34. The lowest BCUT2D eigenvalue weighted by Crippen LogP contribution is -2.64. The zero-order valence-corrected chi connectivity index (χ0v) is 21.7. The van der Waals surface area contributed by atoms with Gasteiger partial charge < -0.3 is 4.90 Å². The third kappa shape index (κ3) is 5.82. The van der Waals surface area contributed by atoms with Crippen LogP contribution in [0.5, 0.6) is 0 Å². The second-order valence-corrected chi connectivity index (χ2v) is 9.78. The molecule has 202 valence electrons. The Hall–Kier alpha value is -3.08. The normalized spacial score (nSPS) is 17.1.